The summed E-state index contributed by atoms with van der Waals surface area (Å²) in [7, 11) is 0. The van der Waals surface area contributed by atoms with Crippen molar-refractivity contribution in [3.05, 3.63) is 59.3 Å². The molecule has 0 N–H and O–H groups in total. The summed E-state index contributed by atoms with van der Waals surface area (Å²) < 4.78 is 18.7. The van der Waals surface area contributed by atoms with Crippen LogP contribution in [0.25, 0.3) is 0 Å². The van der Waals surface area contributed by atoms with E-state index >= 15 is 0 Å². The fraction of sp³-hybridized carbons (Fsp3) is 0.381. The van der Waals surface area contributed by atoms with Gasteiger partial charge in [0.25, 0.3) is 5.91 Å². The summed E-state index contributed by atoms with van der Waals surface area (Å²) in [5.74, 6) is -0.307. The number of fused-ring (bicyclic) bond motifs is 1. The van der Waals surface area contributed by atoms with Gasteiger partial charge in [-0.25, -0.2) is 4.39 Å². The average Bonchev–Trinajstić information content (AvgIpc) is 2.98. The quantitative estimate of drug-likeness (QED) is 0.789. The van der Waals surface area contributed by atoms with Crippen LogP contribution in [-0.4, -0.2) is 64.6 Å². The van der Waals surface area contributed by atoms with Crippen molar-refractivity contribution in [3.63, 3.8) is 0 Å². The van der Waals surface area contributed by atoms with Crippen LogP contribution in [-0.2, 0) is 16.1 Å². The molecular weight excluding hydrogens is 377 g/mol. The van der Waals surface area contributed by atoms with Gasteiger partial charge >= 0.3 is 0 Å². The maximum absolute atomic E-state index is 13.5. The van der Waals surface area contributed by atoms with Crippen molar-refractivity contribution in [2.45, 2.75) is 25.9 Å². The molecule has 7 nitrogen and oxygen atoms in total. The fourth-order valence-electron chi connectivity index (χ4n) is 4.00. The molecule has 152 valence electrons. The first-order chi connectivity index (χ1) is 13.9. The van der Waals surface area contributed by atoms with Crippen LogP contribution < -0.4 is 0 Å². The zero-order valence-corrected chi connectivity index (χ0v) is 16.1. The van der Waals surface area contributed by atoms with Crippen molar-refractivity contribution in [1.29, 1.82) is 0 Å². The van der Waals surface area contributed by atoms with Gasteiger partial charge in [-0.2, -0.15) is 0 Å². The molecule has 4 rings (SSSR count). The molecule has 0 spiro atoms. The number of furan rings is 1. The predicted octanol–water partition coefficient (Wildman–Crippen LogP) is 1.81. The summed E-state index contributed by atoms with van der Waals surface area (Å²) in [6.45, 7) is 2.92. The number of piperazine rings is 1. The maximum Gasteiger partial charge on any atom is 0.257 e. The van der Waals surface area contributed by atoms with Crippen LogP contribution >= 0.6 is 0 Å². The lowest BCUT2D eigenvalue weighted by Crippen LogP contribution is -2.59. The van der Waals surface area contributed by atoms with Gasteiger partial charge in [-0.1, -0.05) is 12.1 Å². The molecule has 0 saturated carbocycles. The van der Waals surface area contributed by atoms with Gasteiger partial charge in [-0.3, -0.25) is 14.4 Å². The van der Waals surface area contributed by atoms with Gasteiger partial charge in [0.05, 0.1) is 11.8 Å². The van der Waals surface area contributed by atoms with Crippen LogP contribution in [0.3, 0.4) is 0 Å². The van der Waals surface area contributed by atoms with E-state index in [9.17, 15) is 18.8 Å². The van der Waals surface area contributed by atoms with Crippen LogP contribution in [0.15, 0.2) is 41.0 Å². The number of halogens is 1. The monoisotopic (exact) mass is 399 g/mol. The molecule has 0 aliphatic carbocycles. The highest BCUT2D eigenvalue weighted by molar-refractivity contribution is 5.96. The smallest absolute Gasteiger partial charge is 0.257 e. The molecule has 1 aromatic carbocycles. The minimum atomic E-state index is -0.604. The Morgan fingerprint density at radius 2 is 2.03 bits per heavy atom. The van der Waals surface area contributed by atoms with Crippen molar-refractivity contribution < 1.29 is 23.2 Å². The molecule has 2 fully saturated rings. The normalized spacial score (nSPS) is 19.9. The molecular formula is C21H22FN3O4. The third-order valence-corrected chi connectivity index (χ3v) is 5.54. The second-order valence-corrected chi connectivity index (χ2v) is 7.40. The van der Waals surface area contributed by atoms with E-state index in [4.69, 9.17) is 4.42 Å². The van der Waals surface area contributed by atoms with Gasteiger partial charge in [0.15, 0.2) is 0 Å². The van der Waals surface area contributed by atoms with Gasteiger partial charge < -0.3 is 19.1 Å². The van der Waals surface area contributed by atoms with E-state index in [0.29, 0.717) is 42.9 Å². The Hall–Kier alpha value is -3.16. The number of carbonyl (C=O) groups excluding carboxylic acids is 3. The van der Waals surface area contributed by atoms with E-state index in [2.05, 4.69) is 0 Å². The Morgan fingerprint density at radius 3 is 2.76 bits per heavy atom. The summed E-state index contributed by atoms with van der Waals surface area (Å²) in [4.78, 5) is 43.2. The lowest BCUT2D eigenvalue weighted by Gasteiger charge is -2.39. The maximum atomic E-state index is 13.5. The molecule has 2 saturated heterocycles. The Bertz CT molecular complexity index is 957. The largest absolute Gasteiger partial charge is 0.469 e. The van der Waals surface area contributed by atoms with Gasteiger partial charge in [-0.15, -0.1) is 0 Å². The van der Waals surface area contributed by atoms with E-state index in [1.165, 1.54) is 23.3 Å². The average molecular weight is 399 g/mol. The lowest BCUT2D eigenvalue weighted by atomic mass is 10.1. The number of rotatable bonds is 3. The highest BCUT2D eigenvalue weighted by atomic mass is 19.1. The van der Waals surface area contributed by atoms with Gasteiger partial charge in [0.2, 0.25) is 11.8 Å². The standard InChI is InChI=1S/C21H22FN3O4/c1-14-17(6-10-29-14)20(27)23-7-5-18-21(28)24(13-19(26)25(18)9-8-23)12-15-3-2-4-16(22)11-15/h2-4,6,10-11,18H,5,7-9,12-13H2,1H3. The summed E-state index contributed by atoms with van der Waals surface area (Å²) in [5.41, 5.74) is 1.13. The van der Waals surface area contributed by atoms with Crippen molar-refractivity contribution >= 4 is 17.7 Å². The lowest BCUT2D eigenvalue weighted by molar-refractivity contribution is -0.156. The summed E-state index contributed by atoms with van der Waals surface area (Å²) in [6.07, 6.45) is 1.84. The molecule has 0 bridgehead atoms. The number of hydrogen-bond acceptors (Lipinski definition) is 4. The van der Waals surface area contributed by atoms with Gasteiger partial charge in [0, 0.05) is 26.2 Å². The zero-order valence-electron chi connectivity index (χ0n) is 16.1. The second kappa shape index (κ2) is 7.69. The number of nitrogens with zero attached hydrogens (tertiary/aromatic N) is 3. The molecule has 0 radical (unpaired) electrons. The van der Waals surface area contributed by atoms with E-state index in [-0.39, 0.29) is 36.6 Å². The molecule has 1 aromatic heterocycles. The number of benzene rings is 1. The molecule has 2 aromatic rings. The van der Waals surface area contributed by atoms with Crippen LogP contribution in [0.1, 0.15) is 28.1 Å². The first kappa shape index (κ1) is 19.2. The van der Waals surface area contributed by atoms with E-state index < -0.39 is 6.04 Å². The topological polar surface area (TPSA) is 74.1 Å². The van der Waals surface area contributed by atoms with Gasteiger partial charge in [0.1, 0.15) is 24.2 Å². The number of carbonyl (C=O) groups is 3. The van der Waals surface area contributed by atoms with Gasteiger partial charge in [-0.05, 0) is 37.1 Å². The highest BCUT2D eigenvalue weighted by Gasteiger charge is 2.41. The minimum absolute atomic E-state index is 0.0410. The fourth-order valence-corrected chi connectivity index (χ4v) is 4.00. The van der Waals surface area contributed by atoms with E-state index in [1.807, 2.05) is 0 Å². The van der Waals surface area contributed by atoms with E-state index in [0.717, 1.165) is 0 Å². The van der Waals surface area contributed by atoms with Crippen LogP contribution in [0.2, 0.25) is 0 Å². The molecule has 1 atom stereocenters. The summed E-state index contributed by atoms with van der Waals surface area (Å²) in [6, 6.07) is 7.05. The molecule has 2 aliphatic rings. The molecule has 8 heteroatoms. The Kier molecular flexibility index (Phi) is 5.08. The summed E-state index contributed by atoms with van der Waals surface area (Å²) >= 11 is 0. The molecule has 1 unspecified atom stereocenters. The number of amides is 3. The Balaban J connectivity index is 1.48. The molecule has 29 heavy (non-hydrogen) atoms. The van der Waals surface area contributed by atoms with Crippen LogP contribution in [0.4, 0.5) is 4.39 Å². The third-order valence-electron chi connectivity index (χ3n) is 5.54. The van der Waals surface area contributed by atoms with Crippen molar-refractivity contribution in [3.8, 4) is 0 Å². The third kappa shape index (κ3) is 3.74. The second-order valence-electron chi connectivity index (χ2n) is 7.40. The summed E-state index contributed by atoms with van der Waals surface area (Å²) in [5, 5.41) is 0. The SMILES string of the molecule is Cc1occc1C(=O)N1CCC2C(=O)N(Cc3cccc(F)c3)CC(=O)N2CC1. The molecule has 3 amide bonds. The van der Waals surface area contributed by atoms with E-state index in [1.54, 1.807) is 34.9 Å². The number of aryl methyl sites for hydroxylation is 1. The Labute approximate surface area is 167 Å². The van der Waals surface area contributed by atoms with Crippen LogP contribution in [0, 0.1) is 12.7 Å². The van der Waals surface area contributed by atoms with Crippen molar-refractivity contribution in [2.75, 3.05) is 26.2 Å². The van der Waals surface area contributed by atoms with Crippen molar-refractivity contribution in [1.82, 2.24) is 14.7 Å². The first-order valence-electron chi connectivity index (χ1n) is 9.60. The molecule has 3 heterocycles. The highest BCUT2D eigenvalue weighted by Crippen LogP contribution is 2.22. The first-order valence-corrected chi connectivity index (χ1v) is 9.60. The minimum Gasteiger partial charge on any atom is -0.469 e. The number of hydrogen-bond donors (Lipinski definition) is 0. The van der Waals surface area contributed by atoms with Crippen molar-refractivity contribution in [2.24, 2.45) is 0 Å². The predicted molar refractivity (Wildman–Crippen MR) is 101 cm³/mol. The molecule has 2 aliphatic heterocycles. The zero-order chi connectivity index (χ0) is 20.5. The van der Waals surface area contributed by atoms with Crippen LogP contribution in [0.5, 0.6) is 0 Å². The Morgan fingerprint density at radius 1 is 1.21 bits per heavy atom.